The quantitative estimate of drug-likeness (QED) is 0.447. The van der Waals surface area contributed by atoms with Gasteiger partial charge in [-0.15, -0.1) is 10.2 Å². The summed E-state index contributed by atoms with van der Waals surface area (Å²) < 4.78 is 17.5. The third-order valence-electron chi connectivity index (χ3n) is 3.35. The predicted molar refractivity (Wildman–Crippen MR) is 89.3 cm³/mol. The van der Waals surface area contributed by atoms with Crippen LogP contribution in [0.1, 0.15) is 11.8 Å². The Bertz CT molecular complexity index is 965. The van der Waals surface area contributed by atoms with E-state index < -0.39 is 0 Å². The van der Waals surface area contributed by atoms with Crippen LogP contribution < -0.4 is 4.74 Å². The zero-order valence-corrected chi connectivity index (χ0v) is 14.5. The number of thioether (sulfide) groups is 1. The minimum absolute atomic E-state index is 0.371. The lowest BCUT2D eigenvalue weighted by Gasteiger charge is -1.98. The number of nitrogens with zero attached hydrogens (tertiary/aromatic N) is 7. The van der Waals surface area contributed by atoms with Crippen molar-refractivity contribution in [2.45, 2.75) is 17.5 Å². The van der Waals surface area contributed by atoms with Gasteiger partial charge in [-0.3, -0.25) is 0 Å². The lowest BCUT2D eigenvalue weighted by Crippen LogP contribution is -1.99. The van der Waals surface area contributed by atoms with Crippen LogP contribution in [-0.4, -0.2) is 42.2 Å². The summed E-state index contributed by atoms with van der Waals surface area (Å²) in [6, 6.07) is 7.43. The normalized spacial score (nSPS) is 11.0. The van der Waals surface area contributed by atoms with Gasteiger partial charge >= 0.3 is 0 Å². The highest BCUT2D eigenvalue weighted by Crippen LogP contribution is 2.24. The molecule has 0 spiro atoms. The molecule has 1 aromatic carbocycles. The topological polar surface area (TPSA) is 118 Å². The van der Waals surface area contributed by atoms with Gasteiger partial charge in [0.15, 0.2) is 0 Å². The zero-order valence-electron chi connectivity index (χ0n) is 13.6. The smallest absolute Gasteiger partial charge is 0.277 e. The van der Waals surface area contributed by atoms with E-state index >= 15 is 0 Å². The van der Waals surface area contributed by atoms with Gasteiger partial charge in [0.05, 0.1) is 12.9 Å². The average molecular weight is 371 g/mol. The average Bonchev–Trinajstić information content (AvgIpc) is 3.43. The van der Waals surface area contributed by atoms with Crippen molar-refractivity contribution in [1.82, 2.24) is 35.1 Å². The first-order valence-electron chi connectivity index (χ1n) is 7.55. The minimum atomic E-state index is 0.371. The SMILES string of the molecule is COc1ccc(-c2noc(CSc3nnc(Cn4cncn4)o3)n2)cc1. The number of benzene rings is 1. The number of aromatic nitrogens is 7. The van der Waals surface area contributed by atoms with Crippen molar-refractivity contribution in [2.75, 3.05) is 7.11 Å². The number of ether oxygens (including phenoxy) is 1. The van der Waals surface area contributed by atoms with Crippen molar-refractivity contribution < 1.29 is 13.7 Å². The van der Waals surface area contributed by atoms with Gasteiger partial charge in [0.1, 0.15) is 24.9 Å². The summed E-state index contributed by atoms with van der Waals surface area (Å²) in [5, 5.41) is 16.3. The number of rotatable bonds is 7. The van der Waals surface area contributed by atoms with Gasteiger partial charge in [0, 0.05) is 5.56 Å². The van der Waals surface area contributed by atoms with E-state index in [1.54, 1.807) is 18.1 Å². The largest absolute Gasteiger partial charge is 0.497 e. The molecular formula is C15H13N7O3S. The van der Waals surface area contributed by atoms with Gasteiger partial charge in [-0.1, -0.05) is 16.9 Å². The Labute approximate surface area is 151 Å². The standard InChI is InChI=1S/C15H13N7O3S/c1-23-11-4-2-10(3-5-11)14-18-13(25-21-14)7-26-15-20-19-12(24-15)6-22-9-16-8-17-22/h2-5,8-9H,6-7H2,1H3. The molecule has 0 aliphatic carbocycles. The molecule has 4 aromatic rings. The third kappa shape index (κ3) is 3.72. The summed E-state index contributed by atoms with van der Waals surface area (Å²) in [5.41, 5.74) is 0.846. The molecule has 0 unspecified atom stereocenters. The molecule has 0 amide bonds. The number of hydrogen-bond donors (Lipinski definition) is 0. The molecule has 11 heteroatoms. The highest BCUT2D eigenvalue weighted by molar-refractivity contribution is 7.98. The van der Waals surface area contributed by atoms with Crippen LogP contribution in [0.5, 0.6) is 5.75 Å². The molecule has 0 atom stereocenters. The van der Waals surface area contributed by atoms with Gasteiger partial charge in [0.25, 0.3) is 5.22 Å². The van der Waals surface area contributed by atoms with Crippen LogP contribution in [0.15, 0.2) is 51.1 Å². The minimum Gasteiger partial charge on any atom is -0.497 e. The fourth-order valence-corrected chi connectivity index (χ4v) is 2.73. The second-order valence-electron chi connectivity index (χ2n) is 5.08. The van der Waals surface area contributed by atoms with Gasteiger partial charge in [-0.2, -0.15) is 10.1 Å². The maximum Gasteiger partial charge on any atom is 0.277 e. The molecule has 4 rings (SSSR count). The first kappa shape index (κ1) is 16.3. The first-order valence-corrected chi connectivity index (χ1v) is 8.53. The number of methoxy groups -OCH3 is 1. The molecular weight excluding hydrogens is 358 g/mol. The third-order valence-corrected chi connectivity index (χ3v) is 4.15. The molecule has 0 fully saturated rings. The molecule has 0 N–H and O–H groups in total. The molecule has 3 aromatic heterocycles. The summed E-state index contributed by atoms with van der Waals surface area (Å²) in [6.45, 7) is 0.371. The summed E-state index contributed by atoms with van der Waals surface area (Å²) in [5.74, 6) is 2.62. The van der Waals surface area contributed by atoms with Crippen molar-refractivity contribution >= 4 is 11.8 Å². The Morgan fingerprint density at radius 2 is 2.04 bits per heavy atom. The summed E-state index contributed by atoms with van der Waals surface area (Å²) >= 11 is 1.32. The molecule has 26 heavy (non-hydrogen) atoms. The molecule has 0 bridgehead atoms. The van der Waals surface area contributed by atoms with E-state index in [0.29, 0.717) is 35.1 Å². The summed E-state index contributed by atoms with van der Waals surface area (Å²) in [7, 11) is 1.62. The van der Waals surface area contributed by atoms with Crippen LogP contribution in [0.4, 0.5) is 0 Å². The zero-order chi connectivity index (χ0) is 17.8. The second-order valence-corrected chi connectivity index (χ2v) is 6.01. The lowest BCUT2D eigenvalue weighted by atomic mass is 10.2. The number of hydrogen-bond acceptors (Lipinski definition) is 10. The van der Waals surface area contributed by atoms with E-state index in [4.69, 9.17) is 13.7 Å². The Hall–Kier alpha value is -3.21. The maximum absolute atomic E-state index is 5.54. The van der Waals surface area contributed by atoms with Gasteiger partial charge < -0.3 is 13.7 Å². The molecule has 132 valence electrons. The van der Waals surface area contributed by atoms with Crippen LogP contribution in [0, 0.1) is 0 Å². The maximum atomic E-state index is 5.54. The monoisotopic (exact) mass is 371 g/mol. The first-order chi connectivity index (χ1) is 12.8. The highest BCUT2D eigenvalue weighted by Gasteiger charge is 2.12. The fourth-order valence-electron chi connectivity index (χ4n) is 2.11. The van der Waals surface area contributed by atoms with E-state index in [2.05, 4.69) is 30.4 Å². The van der Waals surface area contributed by atoms with E-state index in [9.17, 15) is 0 Å². The molecule has 0 saturated heterocycles. The molecule has 0 aliphatic rings. The van der Waals surface area contributed by atoms with E-state index in [0.717, 1.165) is 11.3 Å². The highest BCUT2D eigenvalue weighted by atomic mass is 32.2. The van der Waals surface area contributed by atoms with E-state index in [1.807, 2.05) is 24.3 Å². The molecule has 3 heterocycles. The molecule has 0 radical (unpaired) electrons. The predicted octanol–water partition coefficient (Wildman–Crippen LogP) is 2.06. The summed E-state index contributed by atoms with van der Waals surface area (Å²) in [4.78, 5) is 8.23. The van der Waals surface area contributed by atoms with E-state index in [1.165, 1.54) is 18.1 Å². The van der Waals surface area contributed by atoms with Crippen LogP contribution >= 0.6 is 11.8 Å². The van der Waals surface area contributed by atoms with E-state index in [-0.39, 0.29) is 0 Å². The van der Waals surface area contributed by atoms with Crippen molar-refractivity contribution in [1.29, 1.82) is 0 Å². The van der Waals surface area contributed by atoms with Crippen molar-refractivity contribution in [3.8, 4) is 17.1 Å². The van der Waals surface area contributed by atoms with Crippen molar-refractivity contribution in [2.24, 2.45) is 0 Å². The Balaban J connectivity index is 1.36. The second kappa shape index (κ2) is 7.35. The Morgan fingerprint density at radius 1 is 1.15 bits per heavy atom. The van der Waals surface area contributed by atoms with Gasteiger partial charge in [-0.05, 0) is 24.3 Å². The Morgan fingerprint density at radius 3 is 2.81 bits per heavy atom. The lowest BCUT2D eigenvalue weighted by molar-refractivity contribution is 0.386. The van der Waals surface area contributed by atoms with Crippen LogP contribution in [-0.2, 0) is 12.3 Å². The van der Waals surface area contributed by atoms with Crippen LogP contribution in [0.2, 0.25) is 0 Å². The molecule has 0 saturated carbocycles. The molecule has 10 nitrogen and oxygen atoms in total. The molecule has 0 aliphatic heterocycles. The Kier molecular flexibility index (Phi) is 4.60. The van der Waals surface area contributed by atoms with Crippen molar-refractivity contribution in [3.05, 3.63) is 48.7 Å². The van der Waals surface area contributed by atoms with Crippen molar-refractivity contribution in [3.63, 3.8) is 0 Å². The summed E-state index contributed by atoms with van der Waals surface area (Å²) in [6.07, 6.45) is 3.03. The van der Waals surface area contributed by atoms with Gasteiger partial charge in [0.2, 0.25) is 17.6 Å². The van der Waals surface area contributed by atoms with Crippen LogP contribution in [0.25, 0.3) is 11.4 Å². The van der Waals surface area contributed by atoms with Gasteiger partial charge in [-0.25, -0.2) is 9.67 Å². The fraction of sp³-hybridized carbons (Fsp3) is 0.200. The van der Waals surface area contributed by atoms with Crippen LogP contribution in [0.3, 0.4) is 0 Å².